The molecule has 0 saturated heterocycles. The standard InChI is InChI=1S/C15H20O3S/c1-2-10-19(17,18)11-9-13-8-7-12-5-3-4-6-14(12)15(13)16/h3-6,13H,2,7-11H2,1H3. The SMILES string of the molecule is CCCS(=O)(=O)CCC1CCc2ccccc2C1=O. The largest absolute Gasteiger partial charge is 0.294 e. The van der Waals surface area contributed by atoms with E-state index in [1.165, 1.54) is 0 Å². The Labute approximate surface area is 114 Å². The molecule has 0 saturated carbocycles. The predicted molar refractivity (Wildman–Crippen MR) is 76.1 cm³/mol. The molecule has 1 unspecified atom stereocenters. The van der Waals surface area contributed by atoms with E-state index < -0.39 is 9.84 Å². The first-order valence-corrected chi connectivity index (χ1v) is 8.68. The topological polar surface area (TPSA) is 51.2 Å². The van der Waals surface area contributed by atoms with Gasteiger partial charge in [-0.15, -0.1) is 0 Å². The van der Waals surface area contributed by atoms with Gasteiger partial charge >= 0.3 is 0 Å². The summed E-state index contributed by atoms with van der Waals surface area (Å²) in [6, 6.07) is 7.65. The Morgan fingerprint density at radius 1 is 1.21 bits per heavy atom. The summed E-state index contributed by atoms with van der Waals surface area (Å²) in [6.07, 6.45) is 2.76. The highest BCUT2D eigenvalue weighted by atomic mass is 32.2. The number of aryl methyl sites for hydroxylation is 1. The summed E-state index contributed by atoms with van der Waals surface area (Å²) in [5.41, 5.74) is 1.88. The highest BCUT2D eigenvalue weighted by Gasteiger charge is 2.27. The van der Waals surface area contributed by atoms with Crippen LogP contribution in [0.5, 0.6) is 0 Å². The van der Waals surface area contributed by atoms with Crippen LogP contribution in [0.25, 0.3) is 0 Å². The van der Waals surface area contributed by atoms with Crippen molar-refractivity contribution in [1.29, 1.82) is 0 Å². The van der Waals surface area contributed by atoms with E-state index in [2.05, 4.69) is 0 Å². The van der Waals surface area contributed by atoms with E-state index in [4.69, 9.17) is 0 Å². The van der Waals surface area contributed by atoms with Crippen molar-refractivity contribution in [3.05, 3.63) is 35.4 Å². The molecule has 0 heterocycles. The first kappa shape index (κ1) is 14.3. The van der Waals surface area contributed by atoms with Gasteiger partial charge in [-0.05, 0) is 31.2 Å². The summed E-state index contributed by atoms with van der Waals surface area (Å²) >= 11 is 0. The van der Waals surface area contributed by atoms with Crippen LogP contribution in [0.3, 0.4) is 0 Å². The van der Waals surface area contributed by atoms with Crippen LogP contribution >= 0.6 is 0 Å². The number of Topliss-reactive ketones (excluding diaryl/α,β-unsaturated/α-hetero) is 1. The van der Waals surface area contributed by atoms with Gasteiger partial charge in [-0.1, -0.05) is 31.2 Å². The molecule has 4 heteroatoms. The van der Waals surface area contributed by atoms with Crippen molar-refractivity contribution in [2.75, 3.05) is 11.5 Å². The zero-order chi connectivity index (χ0) is 13.9. The number of rotatable bonds is 5. The van der Waals surface area contributed by atoms with Crippen LogP contribution < -0.4 is 0 Å². The molecule has 3 nitrogen and oxygen atoms in total. The van der Waals surface area contributed by atoms with Gasteiger partial charge in [-0.25, -0.2) is 8.42 Å². The molecule has 0 spiro atoms. The molecule has 1 aromatic carbocycles. The lowest BCUT2D eigenvalue weighted by atomic mass is 9.81. The van der Waals surface area contributed by atoms with Crippen molar-refractivity contribution in [3.63, 3.8) is 0 Å². The minimum atomic E-state index is -2.98. The fourth-order valence-corrected chi connectivity index (χ4v) is 4.14. The van der Waals surface area contributed by atoms with Gasteiger partial charge < -0.3 is 0 Å². The normalized spacial score (nSPS) is 19.2. The van der Waals surface area contributed by atoms with Gasteiger partial charge in [0.15, 0.2) is 5.78 Å². The van der Waals surface area contributed by atoms with E-state index in [9.17, 15) is 13.2 Å². The molecule has 0 aliphatic heterocycles. The average molecular weight is 280 g/mol. The third kappa shape index (κ3) is 3.44. The Morgan fingerprint density at radius 3 is 2.68 bits per heavy atom. The minimum Gasteiger partial charge on any atom is -0.294 e. The number of sulfone groups is 1. The molecule has 1 aliphatic carbocycles. The van der Waals surface area contributed by atoms with Crippen LogP contribution in [-0.2, 0) is 16.3 Å². The lowest BCUT2D eigenvalue weighted by Crippen LogP contribution is -2.25. The van der Waals surface area contributed by atoms with Crippen LogP contribution in [0.15, 0.2) is 24.3 Å². The fraction of sp³-hybridized carbons (Fsp3) is 0.533. The Balaban J connectivity index is 2.03. The maximum absolute atomic E-state index is 12.3. The molecule has 1 aliphatic rings. The molecule has 0 N–H and O–H groups in total. The smallest absolute Gasteiger partial charge is 0.166 e. The second-order valence-corrected chi connectivity index (χ2v) is 7.50. The summed E-state index contributed by atoms with van der Waals surface area (Å²) in [4.78, 5) is 12.3. The molecule has 0 amide bonds. The predicted octanol–water partition coefficient (Wildman–Crippen LogP) is 2.65. The molecule has 104 valence electrons. The Hall–Kier alpha value is -1.16. The molecule has 2 rings (SSSR count). The highest BCUT2D eigenvalue weighted by molar-refractivity contribution is 7.91. The summed E-state index contributed by atoms with van der Waals surface area (Å²) in [7, 11) is -2.98. The molecule has 0 radical (unpaired) electrons. The minimum absolute atomic E-state index is 0.119. The maximum Gasteiger partial charge on any atom is 0.166 e. The third-order valence-electron chi connectivity index (χ3n) is 3.71. The molecule has 1 aromatic rings. The van der Waals surface area contributed by atoms with E-state index in [0.29, 0.717) is 12.8 Å². The molecule has 0 bridgehead atoms. The average Bonchev–Trinajstić information content (AvgIpc) is 2.38. The van der Waals surface area contributed by atoms with Crippen LogP contribution in [0.4, 0.5) is 0 Å². The monoisotopic (exact) mass is 280 g/mol. The zero-order valence-electron chi connectivity index (χ0n) is 11.3. The van der Waals surface area contributed by atoms with Gasteiger partial charge in [-0.2, -0.15) is 0 Å². The van der Waals surface area contributed by atoms with Crippen LogP contribution in [0.2, 0.25) is 0 Å². The highest BCUT2D eigenvalue weighted by Crippen LogP contribution is 2.27. The summed E-state index contributed by atoms with van der Waals surface area (Å²) in [5.74, 6) is 0.360. The summed E-state index contributed by atoms with van der Waals surface area (Å²) in [6.45, 7) is 1.86. The van der Waals surface area contributed by atoms with Gasteiger partial charge in [0, 0.05) is 17.2 Å². The Morgan fingerprint density at radius 2 is 1.95 bits per heavy atom. The number of fused-ring (bicyclic) bond motifs is 1. The van der Waals surface area contributed by atoms with Gasteiger partial charge in [0.25, 0.3) is 0 Å². The van der Waals surface area contributed by atoms with Crippen LogP contribution in [0, 0.1) is 5.92 Å². The van der Waals surface area contributed by atoms with Crippen molar-refractivity contribution in [1.82, 2.24) is 0 Å². The van der Waals surface area contributed by atoms with Gasteiger partial charge in [0.05, 0.1) is 5.75 Å². The zero-order valence-corrected chi connectivity index (χ0v) is 12.1. The second kappa shape index (κ2) is 5.87. The van der Waals surface area contributed by atoms with Gasteiger partial charge in [0.1, 0.15) is 9.84 Å². The molecular formula is C15H20O3S. The lowest BCUT2D eigenvalue weighted by molar-refractivity contribution is 0.0899. The second-order valence-electron chi connectivity index (χ2n) is 5.20. The molecule has 0 aromatic heterocycles. The molecule has 0 fully saturated rings. The van der Waals surface area contributed by atoms with E-state index in [0.717, 1.165) is 24.0 Å². The Bertz CT molecular complexity index is 561. The van der Waals surface area contributed by atoms with Crippen molar-refractivity contribution >= 4 is 15.6 Å². The van der Waals surface area contributed by atoms with E-state index in [-0.39, 0.29) is 23.2 Å². The quantitative estimate of drug-likeness (QED) is 0.833. The molecular weight excluding hydrogens is 260 g/mol. The maximum atomic E-state index is 12.3. The van der Waals surface area contributed by atoms with E-state index in [1.54, 1.807) is 0 Å². The number of carbonyl (C=O) groups is 1. The number of benzene rings is 1. The van der Waals surface area contributed by atoms with Crippen LogP contribution in [0.1, 0.15) is 42.1 Å². The third-order valence-corrected chi connectivity index (χ3v) is 5.60. The van der Waals surface area contributed by atoms with Crippen molar-refractivity contribution in [2.24, 2.45) is 5.92 Å². The van der Waals surface area contributed by atoms with Gasteiger partial charge in [0.2, 0.25) is 0 Å². The van der Waals surface area contributed by atoms with Gasteiger partial charge in [-0.3, -0.25) is 4.79 Å². The first-order chi connectivity index (χ1) is 9.03. The Kier molecular flexibility index (Phi) is 4.40. The van der Waals surface area contributed by atoms with E-state index >= 15 is 0 Å². The van der Waals surface area contributed by atoms with Crippen molar-refractivity contribution < 1.29 is 13.2 Å². The molecule has 19 heavy (non-hydrogen) atoms. The van der Waals surface area contributed by atoms with Crippen molar-refractivity contribution in [2.45, 2.75) is 32.6 Å². The number of hydrogen-bond acceptors (Lipinski definition) is 3. The van der Waals surface area contributed by atoms with Crippen LogP contribution in [-0.4, -0.2) is 25.7 Å². The lowest BCUT2D eigenvalue weighted by Gasteiger charge is -2.23. The summed E-state index contributed by atoms with van der Waals surface area (Å²) in [5, 5.41) is 0. The molecule has 1 atom stereocenters. The summed E-state index contributed by atoms with van der Waals surface area (Å²) < 4.78 is 23.4. The first-order valence-electron chi connectivity index (χ1n) is 6.86. The number of carbonyl (C=O) groups excluding carboxylic acids is 1. The van der Waals surface area contributed by atoms with E-state index in [1.807, 2.05) is 31.2 Å². The fourth-order valence-electron chi connectivity index (χ4n) is 2.67. The van der Waals surface area contributed by atoms with Crippen molar-refractivity contribution in [3.8, 4) is 0 Å². The number of hydrogen-bond donors (Lipinski definition) is 0. The number of ketones is 1.